The Kier molecular flexibility index (Phi) is 5.50. The van der Waals surface area contributed by atoms with Crippen molar-refractivity contribution in [2.45, 2.75) is 31.3 Å². The number of aliphatic carboxylic acids is 1. The zero-order valence-electron chi connectivity index (χ0n) is 11.7. The largest absolute Gasteiger partial charge is 0.480 e. The van der Waals surface area contributed by atoms with Crippen molar-refractivity contribution in [3.05, 3.63) is 27.7 Å². The van der Waals surface area contributed by atoms with Gasteiger partial charge in [0.05, 0.1) is 6.04 Å². The normalized spacial score (nSPS) is 20.0. The molecule has 1 aromatic carbocycles. The highest BCUT2D eigenvalue weighted by Gasteiger charge is 2.33. The van der Waals surface area contributed by atoms with Crippen LogP contribution in [-0.2, 0) is 9.59 Å². The fourth-order valence-electron chi connectivity index (χ4n) is 2.48. The van der Waals surface area contributed by atoms with Gasteiger partial charge in [-0.1, -0.05) is 23.2 Å². The highest BCUT2D eigenvalue weighted by Crippen LogP contribution is 2.39. The van der Waals surface area contributed by atoms with E-state index in [0.717, 1.165) is 0 Å². The van der Waals surface area contributed by atoms with E-state index in [4.69, 9.17) is 28.9 Å². The van der Waals surface area contributed by atoms with E-state index in [-0.39, 0.29) is 12.3 Å². The molecule has 1 aliphatic rings. The molecule has 0 unspecified atom stereocenters. The Morgan fingerprint density at radius 3 is 2.77 bits per heavy atom. The Bertz CT molecular complexity index is 595. The molecule has 2 rings (SSSR count). The first-order chi connectivity index (χ1) is 10.4. The molecule has 0 radical (unpaired) electrons. The fraction of sp³-hybridized carbons (Fsp3) is 0.429. The maximum atomic E-state index is 11.9. The zero-order chi connectivity index (χ0) is 16.3. The average Bonchev–Trinajstić information content (AvgIpc) is 2.43. The van der Waals surface area contributed by atoms with Crippen molar-refractivity contribution in [3.63, 3.8) is 0 Å². The van der Waals surface area contributed by atoms with Crippen molar-refractivity contribution in [2.24, 2.45) is 5.73 Å². The Labute approximate surface area is 138 Å². The third kappa shape index (κ3) is 3.82. The van der Waals surface area contributed by atoms with E-state index < -0.39 is 18.1 Å². The van der Waals surface area contributed by atoms with Crippen LogP contribution in [0.1, 0.15) is 30.9 Å². The number of amides is 1. The van der Waals surface area contributed by atoms with E-state index >= 15 is 0 Å². The van der Waals surface area contributed by atoms with Crippen LogP contribution in [0, 0.1) is 0 Å². The molecule has 6 nitrogen and oxygen atoms in total. The van der Waals surface area contributed by atoms with Crippen molar-refractivity contribution in [1.29, 1.82) is 0 Å². The van der Waals surface area contributed by atoms with E-state index in [0.29, 0.717) is 40.7 Å². The molecule has 8 heteroatoms. The van der Waals surface area contributed by atoms with Gasteiger partial charge in [0.25, 0.3) is 0 Å². The summed E-state index contributed by atoms with van der Waals surface area (Å²) >= 11 is 12.2. The van der Waals surface area contributed by atoms with Crippen LogP contribution in [0.25, 0.3) is 0 Å². The molecule has 0 aliphatic carbocycles. The average molecular weight is 346 g/mol. The smallest absolute Gasteiger partial charge is 0.326 e. The fourth-order valence-corrected chi connectivity index (χ4v) is 3.11. The van der Waals surface area contributed by atoms with Gasteiger partial charge in [-0.15, -0.1) is 0 Å². The van der Waals surface area contributed by atoms with Gasteiger partial charge in [0, 0.05) is 34.1 Å². The second-order valence-corrected chi connectivity index (χ2v) is 5.98. The number of nitrogens with two attached hydrogens (primary N) is 1. The molecule has 1 aromatic rings. The molecular formula is C14H17Cl2N3O3. The minimum atomic E-state index is -0.997. The topological polar surface area (TPSA) is 104 Å². The van der Waals surface area contributed by atoms with Gasteiger partial charge in [-0.05, 0) is 25.1 Å². The highest BCUT2D eigenvalue weighted by atomic mass is 35.5. The lowest BCUT2D eigenvalue weighted by Gasteiger charge is -2.32. The maximum absolute atomic E-state index is 11.9. The van der Waals surface area contributed by atoms with Crippen LogP contribution in [0.15, 0.2) is 12.1 Å². The van der Waals surface area contributed by atoms with Crippen LogP contribution in [0.4, 0.5) is 5.69 Å². The Morgan fingerprint density at radius 1 is 1.41 bits per heavy atom. The molecule has 0 fully saturated rings. The van der Waals surface area contributed by atoms with Crippen LogP contribution in [0.2, 0.25) is 10.0 Å². The van der Waals surface area contributed by atoms with Gasteiger partial charge in [0.1, 0.15) is 6.04 Å². The van der Waals surface area contributed by atoms with Crippen molar-refractivity contribution >= 4 is 40.8 Å². The predicted octanol–water partition coefficient (Wildman–Crippen LogP) is 2.16. The van der Waals surface area contributed by atoms with Gasteiger partial charge < -0.3 is 21.5 Å². The monoisotopic (exact) mass is 345 g/mol. The van der Waals surface area contributed by atoms with E-state index in [9.17, 15) is 14.7 Å². The number of carboxylic acids is 1. The van der Waals surface area contributed by atoms with Gasteiger partial charge in [-0.25, -0.2) is 4.79 Å². The number of rotatable bonds is 5. The first-order valence-electron chi connectivity index (χ1n) is 6.90. The minimum absolute atomic E-state index is 0.182. The summed E-state index contributed by atoms with van der Waals surface area (Å²) in [5.41, 5.74) is 6.57. The summed E-state index contributed by atoms with van der Waals surface area (Å²) in [6.45, 7) is 0.421. The minimum Gasteiger partial charge on any atom is -0.480 e. The number of carbonyl (C=O) groups excluding carboxylic acids is 1. The number of nitrogens with one attached hydrogen (secondary N) is 2. The van der Waals surface area contributed by atoms with Crippen molar-refractivity contribution in [2.75, 3.05) is 11.9 Å². The molecule has 22 heavy (non-hydrogen) atoms. The molecule has 0 saturated heterocycles. The van der Waals surface area contributed by atoms with Crippen molar-refractivity contribution in [3.8, 4) is 0 Å². The molecule has 0 aromatic heterocycles. The molecule has 2 atom stereocenters. The lowest BCUT2D eigenvalue weighted by atomic mass is 9.92. The summed E-state index contributed by atoms with van der Waals surface area (Å²) < 4.78 is 0. The van der Waals surface area contributed by atoms with Gasteiger partial charge in [-0.2, -0.15) is 0 Å². The number of benzene rings is 1. The molecule has 0 saturated carbocycles. The summed E-state index contributed by atoms with van der Waals surface area (Å²) in [6, 6.07) is 1.88. The second-order valence-electron chi connectivity index (χ2n) is 5.13. The summed E-state index contributed by atoms with van der Waals surface area (Å²) in [4.78, 5) is 23.2. The third-order valence-electron chi connectivity index (χ3n) is 3.49. The van der Waals surface area contributed by atoms with Gasteiger partial charge >= 0.3 is 5.97 Å². The number of halogens is 2. The lowest BCUT2D eigenvalue weighted by Crippen LogP contribution is -2.41. The van der Waals surface area contributed by atoms with Gasteiger partial charge in [0.2, 0.25) is 5.91 Å². The van der Waals surface area contributed by atoms with E-state index in [1.165, 1.54) is 0 Å². The first-order valence-corrected chi connectivity index (χ1v) is 7.65. The van der Waals surface area contributed by atoms with Gasteiger partial charge in [0.15, 0.2) is 0 Å². The van der Waals surface area contributed by atoms with Crippen molar-refractivity contribution < 1.29 is 14.7 Å². The molecule has 1 aliphatic heterocycles. The third-order valence-corrected chi connectivity index (χ3v) is 4.02. The summed E-state index contributed by atoms with van der Waals surface area (Å²) in [5.74, 6) is -1.18. The number of carbonyl (C=O) groups is 2. The van der Waals surface area contributed by atoms with Crippen LogP contribution in [0.3, 0.4) is 0 Å². The molecular weight excluding hydrogens is 329 g/mol. The summed E-state index contributed by atoms with van der Waals surface area (Å²) in [6.07, 6.45) is 1.07. The van der Waals surface area contributed by atoms with Crippen molar-refractivity contribution in [1.82, 2.24) is 5.32 Å². The zero-order valence-corrected chi connectivity index (χ0v) is 13.2. The maximum Gasteiger partial charge on any atom is 0.326 e. The van der Waals surface area contributed by atoms with Crippen LogP contribution < -0.4 is 16.4 Å². The van der Waals surface area contributed by atoms with Crippen LogP contribution >= 0.6 is 23.2 Å². The van der Waals surface area contributed by atoms with Gasteiger partial charge in [-0.3, -0.25) is 4.79 Å². The SMILES string of the molecule is NCCCC(=O)N[C@@H]1C[C@@H](C(=O)O)Nc2cc(Cl)cc(Cl)c21. The lowest BCUT2D eigenvalue weighted by molar-refractivity contribution is -0.138. The Hall–Kier alpha value is -1.50. The number of hydrogen-bond donors (Lipinski definition) is 4. The first kappa shape index (κ1) is 16.9. The molecule has 0 spiro atoms. The number of fused-ring (bicyclic) bond motifs is 1. The molecule has 1 heterocycles. The number of hydrogen-bond acceptors (Lipinski definition) is 4. The van der Waals surface area contributed by atoms with E-state index in [1.807, 2.05) is 0 Å². The molecule has 5 N–H and O–H groups in total. The standard InChI is InChI=1S/C14H17Cl2N3O3/c15-7-4-8(16)13-9(5-7)18-11(14(21)22)6-10(13)19-12(20)2-1-3-17/h4-5,10-11,18H,1-3,6,17H2,(H,19,20)(H,21,22)/t10-,11+/m1/s1. The van der Waals surface area contributed by atoms with E-state index in [2.05, 4.69) is 10.6 Å². The number of carboxylic acid groups (broad SMARTS) is 1. The molecule has 1 amide bonds. The summed E-state index contributed by atoms with van der Waals surface area (Å²) in [5, 5.41) is 15.7. The Morgan fingerprint density at radius 2 is 2.14 bits per heavy atom. The molecule has 0 bridgehead atoms. The predicted molar refractivity (Wildman–Crippen MR) is 85.3 cm³/mol. The highest BCUT2D eigenvalue weighted by molar-refractivity contribution is 6.35. The quantitative estimate of drug-likeness (QED) is 0.654. The van der Waals surface area contributed by atoms with Crippen LogP contribution in [-0.4, -0.2) is 29.6 Å². The Balaban J connectivity index is 2.29. The summed E-state index contributed by atoms with van der Waals surface area (Å²) in [7, 11) is 0. The van der Waals surface area contributed by atoms with E-state index in [1.54, 1.807) is 12.1 Å². The van der Waals surface area contributed by atoms with Crippen LogP contribution in [0.5, 0.6) is 0 Å². The number of anilines is 1. The molecule has 120 valence electrons. The second kappa shape index (κ2) is 7.17.